The molecule has 0 saturated heterocycles. The Bertz CT molecular complexity index is 1320. The third-order valence-corrected chi connectivity index (χ3v) is 6.39. The Morgan fingerprint density at radius 1 is 1.09 bits per heavy atom. The summed E-state index contributed by atoms with van der Waals surface area (Å²) in [7, 11) is 0. The summed E-state index contributed by atoms with van der Waals surface area (Å²) in [5, 5.41) is 17.6. The number of nitrogens with two attached hydrogens (primary N) is 3. The first-order valence-corrected chi connectivity index (χ1v) is 14.0. The molecule has 0 radical (unpaired) electrons. The molecule has 0 fully saturated rings. The molecule has 0 aliphatic carbocycles. The van der Waals surface area contributed by atoms with Crippen LogP contribution in [0.5, 0.6) is 0 Å². The number of amides is 4. The molecule has 46 heavy (non-hydrogen) atoms. The number of halogens is 3. The SMILES string of the molecule is C=Cc1cc(NC=O)ccc1N=C.CC(NC(=O)CNC(=O)[C@@H](N)CC(=O)N(CCN)CCN)[C@H](O)c1ccc(C(F)(F)F)cc1. The zero-order chi connectivity index (χ0) is 34.9. The van der Waals surface area contributed by atoms with Gasteiger partial charge in [0.1, 0.15) is 0 Å². The topological polar surface area (TPSA) is 218 Å². The number of carbonyl (C=O) groups excluding carboxylic acids is 4. The number of anilines is 1. The highest BCUT2D eigenvalue weighted by Gasteiger charge is 2.30. The predicted molar refractivity (Wildman–Crippen MR) is 170 cm³/mol. The normalized spacial score (nSPS) is 12.7. The van der Waals surface area contributed by atoms with E-state index in [-0.39, 0.29) is 38.2 Å². The van der Waals surface area contributed by atoms with Crippen molar-refractivity contribution in [1.82, 2.24) is 15.5 Å². The zero-order valence-corrected chi connectivity index (χ0v) is 25.4. The molecule has 0 spiro atoms. The molecular weight excluding hydrogens is 609 g/mol. The molecule has 0 aliphatic heterocycles. The lowest BCUT2D eigenvalue weighted by atomic mass is 10.0. The largest absolute Gasteiger partial charge is 0.416 e. The summed E-state index contributed by atoms with van der Waals surface area (Å²) in [6.07, 6.45) is -3.78. The van der Waals surface area contributed by atoms with Crippen molar-refractivity contribution >= 4 is 48.3 Å². The van der Waals surface area contributed by atoms with Crippen LogP contribution >= 0.6 is 0 Å². The van der Waals surface area contributed by atoms with Gasteiger partial charge in [0.25, 0.3) is 0 Å². The van der Waals surface area contributed by atoms with Gasteiger partial charge >= 0.3 is 6.18 Å². The second-order valence-electron chi connectivity index (χ2n) is 9.81. The fourth-order valence-electron chi connectivity index (χ4n) is 3.94. The molecule has 2 aromatic carbocycles. The Morgan fingerprint density at radius 2 is 1.70 bits per heavy atom. The van der Waals surface area contributed by atoms with Crippen molar-refractivity contribution in [3.8, 4) is 0 Å². The van der Waals surface area contributed by atoms with Gasteiger partial charge in [-0.15, -0.1) is 0 Å². The van der Waals surface area contributed by atoms with Gasteiger partial charge in [0, 0.05) is 37.4 Å². The number of nitrogens with zero attached hydrogens (tertiary/aromatic N) is 2. The number of aliphatic imine (C=N–C) groups is 1. The van der Waals surface area contributed by atoms with E-state index in [1.807, 2.05) is 0 Å². The maximum atomic E-state index is 12.6. The summed E-state index contributed by atoms with van der Waals surface area (Å²) < 4.78 is 37.9. The summed E-state index contributed by atoms with van der Waals surface area (Å²) in [6.45, 7) is 9.04. The molecule has 3 atom stereocenters. The Labute approximate surface area is 265 Å². The molecule has 252 valence electrons. The third kappa shape index (κ3) is 13.2. The number of aliphatic hydroxyl groups excluding tert-OH is 1. The minimum atomic E-state index is -4.50. The standard InChI is InChI=1S/C20H31F3N6O4.C10H10N2O/c1-12(18(32)13-2-4-14(5-3-13)20(21,22)23)28-16(30)11-27-19(33)15(26)10-17(31)29(8-6-24)9-7-25;1-3-8-6-9(12-7-13)4-5-10(8)11-2/h2-5,12,15,18,32H,6-11,24-26H2,1H3,(H,27,33)(H,28,30);3-7H,1-2H2,(H,12,13)/t12?,15-,18-;/m0./s1. The van der Waals surface area contributed by atoms with Crippen LogP contribution in [-0.4, -0.2) is 85.7 Å². The summed E-state index contributed by atoms with van der Waals surface area (Å²) in [6, 6.07) is 7.16. The third-order valence-electron chi connectivity index (χ3n) is 6.39. The van der Waals surface area contributed by atoms with Crippen molar-refractivity contribution in [2.45, 2.75) is 37.7 Å². The van der Waals surface area contributed by atoms with Crippen LogP contribution in [0.15, 0.2) is 54.0 Å². The van der Waals surface area contributed by atoms with Crippen molar-refractivity contribution in [2.75, 3.05) is 38.0 Å². The van der Waals surface area contributed by atoms with Gasteiger partial charge in [-0.1, -0.05) is 24.8 Å². The molecule has 2 rings (SSSR count). The molecule has 0 aromatic heterocycles. The maximum absolute atomic E-state index is 12.6. The molecular formula is C30H41F3N8O5. The summed E-state index contributed by atoms with van der Waals surface area (Å²) >= 11 is 0. The van der Waals surface area contributed by atoms with Crippen LogP contribution in [0.1, 0.15) is 36.1 Å². The highest BCUT2D eigenvalue weighted by molar-refractivity contribution is 5.91. The molecule has 13 nitrogen and oxygen atoms in total. The average molecular weight is 651 g/mol. The summed E-state index contributed by atoms with van der Waals surface area (Å²) in [5.74, 6) is -1.78. The second kappa shape index (κ2) is 19.7. The molecule has 16 heteroatoms. The van der Waals surface area contributed by atoms with Crippen LogP contribution in [0.3, 0.4) is 0 Å². The van der Waals surface area contributed by atoms with Gasteiger partial charge < -0.3 is 43.2 Å². The molecule has 1 unspecified atom stereocenters. The van der Waals surface area contributed by atoms with Crippen LogP contribution in [0.2, 0.25) is 0 Å². The highest BCUT2D eigenvalue weighted by atomic mass is 19.4. The molecule has 0 heterocycles. The zero-order valence-electron chi connectivity index (χ0n) is 25.4. The molecule has 0 saturated carbocycles. The van der Waals surface area contributed by atoms with Crippen molar-refractivity contribution < 1.29 is 37.5 Å². The van der Waals surface area contributed by atoms with Crippen molar-refractivity contribution in [3.63, 3.8) is 0 Å². The van der Waals surface area contributed by atoms with Gasteiger partial charge in [-0.25, -0.2) is 0 Å². The number of nitrogens with one attached hydrogen (secondary N) is 3. The van der Waals surface area contributed by atoms with Crippen LogP contribution in [0, 0.1) is 0 Å². The fourth-order valence-corrected chi connectivity index (χ4v) is 3.94. The van der Waals surface area contributed by atoms with E-state index in [9.17, 15) is 37.5 Å². The lowest BCUT2D eigenvalue weighted by Gasteiger charge is -2.23. The summed E-state index contributed by atoms with van der Waals surface area (Å²) in [4.78, 5) is 51.7. The van der Waals surface area contributed by atoms with Gasteiger partial charge in [-0.2, -0.15) is 13.2 Å². The maximum Gasteiger partial charge on any atom is 0.416 e. The molecule has 10 N–H and O–H groups in total. The number of aliphatic hydroxyl groups is 1. The first-order chi connectivity index (χ1) is 21.7. The van der Waals surface area contributed by atoms with E-state index in [2.05, 4.69) is 34.2 Å². The smallest absolute Gasteiger partial charge is 0.386 e. The number of benzene rings is 2. The Hall–Kier alpha value is -4.64. The van der Waals surface area contributed by atoms with Crippen molar-refractivity contribution in [2.24, 2.45) is 22.2 Å². The lowest BCUT2D eigenvalue weighted by Crippen LogP contribution is -2.49. The van der Waals surface area contributed by atoms with Gasteiger partial charge in [0.15, 0.2) is 0 Å². The van der Waals surface area contributed by atoms with Crippen LogP contribution < -0.4 is 33.2 Å². The van der Waals surface area contributed by atoms with E-state index in [1.165, 1.54) is 11.8 Å². The van der Waals surface area contributed by atoms with E-state index in [4.69, 9.17) is 17.2 Å². The summed E-state index contributed by atoms with van der Waals surface area (Å²) in [5.41, 5.74) is 18.3. The van der Waals surface area contributed by atoms with E-state index < -0.39 is 54.2 Å². The predicted octanol–water partition coefficient (Wildman–Crippen LogP) is 1.05. The van der Waals surface area contributed by atoms with E-state index in [0.717, 1.165) is 41.2 Å². The second-order valence-corrected chi connectivity index (χ2v) is 9.81. The van der Waals surface area contributed by atoms with Crippen molar-refractivity contribution in [1.29, 1.82) is 0 Å². The number of hydrogen-bond donors (Lipinski definition) is 7. The first kappa shape index (κ1) is 39.4. The van der Waals surface area contributed by atoms with Crippen LogP contribution in [0.4, 0.5) is 24.5 Å². The number of rotatable bonds is 16. The Kier molecular flexibility index (Phi) is 16.9. The first-order valence-electron chi connectivity index (χ1n) is 14.0. The lowest BCUT2D eigenvalue weighted by molar-refractivity contribution is -0.137. The molecule has 2 aromatic rings. The minimum Gasteiger partial charge on any atom is -0.386 e. The van der Waals surface area contributed by atoms with Gasteiger partial charge in [-0.3, -0.25) is 24.2 Å². The monoisotopic (exact) mass is 650 g/mol. The number of hydrogen-bond acceptors (Lipinski definition) is 9. The van der Waals surface area contributed by atoms with Crippen molar-refractivity contribution in [3.05, 3.63) is 65.7 Å². The van der Waals surface area contributed by atoms with Crippen LogP contribution in [0.25, 0.3) is 6.08 Å². The number of carbonyl (C=O) groups is 4. The molecule has 4 amide bonds. The minimum absolute atomic E-state index is 0.180. The Morgan fingerprint density at radius 3 is 2.20 bits per heavy atom. The van der Waals surface area contributed by atoms with Crippen LogP contribution in [-0.2, 0) is 25.4 Å². The quantitative estimate of drug-likeness (QED) is 0.103. The average Bonchev–Trinajstić information content (AvgIpc) is 3.03. The van der Waals surface area contributed by atoms with E-state index in [1.54, 1.807) is 24.3 Å². The van der Waals surface area contributed by atoms with Gasteiger partial charge in [-0.05, 0) is 49.5 Å². The van der Waals surface area contributed by atoms with E-state index in [0.29, 0.717) is 6.41 Å². The van der Waals surface area contributed by atoms with Gasteiger partial charge in [0.05, 0.1) is 42.4 Å². The van der Waals surface area contributed by atoms with E-state index >= 15 is 0 Å². The molecule has 0 bridgehead atoms. The fraction of sp³-hybridized carbons (Fsp3) is 0.367. The van der Waals surface area contributed by atoms with Gasteiger partial charge in [0.2, 0.25) is 24.1 Å². The highest BCUT2D eigenvalue weighted by Crippen LogP contribution is 2.30. The molecule has 0 aliphatic rings. The number of alkyl halides is 3. The Balaban J connectivity index is 0.000000674.